The molecule has 2 amide bonds. The monoisotopic (exact) mass is 431 g/mol. The van der Waals surface area contributed by atoms with Crippen LogP contribution in [0.4, 0.5) is 10.5 Å². The van der Waals surface area contributed by atoms with Crippen molar-refractivity contribution in [2.45, 2.75) is 51.0 Å². The van der Waals surface area contributed by atoms with E-state index in [4.69, 9.17) is 14.2 Å². The van der Waals surface area contributed by atoms with Crippen molar-refractivity contribution in [3.05, 3.63) is 18.2 Å². The Morgan fingerprint density at radius 3 is 2.84 bits per heavy atom. The van der Waals surface area contributed by atoms with E-state index in [0.717, 1.165) is 30.8 Å². The maximum atomic E-state index is 13.3. The third kappa shape index (κ3) is 5.83. The van der Waals surface area contributed by atoms with Crippen LogP contribution < -0.4 is 14.8 Å². The average molecular weight is 432 g/mol. The summed E-state index contributed by atoms with van der Waals surface area (Å²) < 4.78 is 16.7. The van der Waals surface area contributed by atoms with Crippen molar-refractivity contribution in [1.29, 1.82) is 0 Å². The van der Waals surface area contributed by atoms with E-state index in [9.17, 15) is 4.79 Å². The molecule has 7 nitrogen and oxygen atoms in total. The summed E-state index contributed by atoms with van der Waals surface area (Å²) in [5, 5.41) is 3.10. The maximum absolute atomic E-state index is 13.3. The number of carbonyl (C=O) groups excluding carboxylic acids is 1. The highest BCUT2D eigenvalue weighted by molar-refractivity contribution is 5.89. The average Bonchev–Trinajstić information content (AvgIpc) is 3.04. The lowest BCUT2D eigenvalue weighted by molar-refractivity contribution is 0.0456. The van der Waals surface area contributed by atoms with Crippen molar-refractivity contribution >= 4 is 11.7 Å². The van der Waals surface area contributed by atoms with Gasteiger partial charge in [-0.05, 0) is 63.2 Å². The topological polar surface area (TPSA) is 63.3 Å². The molecular weight excluding hydrogens is 394 g/mol. The summed E-state index contributed by atoms with van der Waals surface area (Å²) in [5.74, 6) is 1.99. The van der Waals surface area contributed by atoms with Gasteiger partial charge < -0.3 is 29.3 Å². The number of ether oxygens (including phenoxy) is 3. The van der Waals surface area contributed by atoms with E-state index < -0.39 is 0 Å². The summed E-state index contributed by atoms with van der Waals surface area (Å²) in [5.41, 5.74) is 0.744. The molecule has 3 heterocycles. The van der Waals surface area contributed by atoms with Crippen LogP contribution in [0.15, 0.2) is 18.2 Å². The first kappa shape index (κ1) is 22.2. The lowest BCUT2D eigenvalue weighted by Gasteiger charge is -2.45. The van der Waals surface area contributed by atoms with E-state index >= 15 is 0 Å². The number of hydrogen-bond donors (Lipinski definition) is 1. The second-order valence-electron chi connectivity index (χ2n) is 8.94. The molecule has 0 spiro atoms. The number of piperidine rings is 2. The minimum atomic E-state index is -0.0430. The molecule has 2 fully saturated rings. The number of methoxy groups -OCH3 is 1. The molecule has 0 radical (unpaired) electrons. The van der Waals surface area contributed by atoms with Gasteiger partial charge in [0.15, 0.2) is 11.5 Å². The van der Waals surface area contributed by atoms with Crippen LogP contribution in [0.3, 0.4) is 0 Å². The number of carbonyl (C=O) groups is 1. The summed E-state index contributed by atoms with van der Waals surface area (Å²) in [4.78, 5) is 17.9. The minimum Gasteiger partial charge on any atom is -0.490 e. The molecule has 7 heteroatoms. The Morgan fingerprint density at radius 1 is 1.13 bits per heavy atom. The highest BCUT2D eigenvalue weighted by Gasteiger charge is 2.34. The molecule has 172 valence electrons. The molecule has 1 N–H and O–H groups in total. The smallest absolute Gasteiger partial charge is 0.321 e. The van der Waals surface area contributed by atoms with Crippen LogP contribution in [-0.4, -0.2) is 75.0 Å². The Kier molecular flexibility index (Phi) is 7.92. The largest absolute Gasteiger partial charge is 0.490 e. The zero-order valence-corrected chi connectivity index (χ0v) is 18.8. The van der Waals surface area contributed by atoms with Gasteiger partial charge in [-0.25, -0.2) is 4.79 Å². The van der Waals surface area contributed by atoms with Crippen LogP contribution in [0.25, 0.3) is 0 Å². The fourth-order valence-electron chi connectivity index (χ4n) is 5.19. The van der Waals surface area contributed by atoms with E-state index in [1.54, 1.807) is 7.11 Å². The molecule has 1 aromatic rings. The van der Waals surface area contributed by atoms with Gasteiger partial charge in [-0.15, -0.1) is 0 Å². The standard InChI is InChI=1S/C24H37N3O4/c1-29-14-5-13-27(18-19-7-4-12-26-11-3-2-8-21(19)26)24(28)25-20-9-10-22-23(17-20)31-16-6-15-30-22/h9-10,17,19,21H,2-8,11-16,18H2,1H3,(H,25,28). The molecule has 0 aromatic heterocycles. The van der Waals surface area contributed by atoms with Gasteiger partial charge in [0.05, 0.1) is 13.2 Å². The summed E-state index contributed by atoms with van der Waals surface area (Å²) in [7, 11) is 1.71. The van der Waals surface area contributed by atoms with E-state index in [1.807, 2.05) is 23.1 Å². The molecule has 2 atom stereocenters. The predicted octanol–water partition coefficient (Wildman–Crippen LogP) is 3.98. The van der Waals surface area contributed by atoms with Crippen molar-refractivity contribution in [3.63, 3.8) is 0 Å². The molecule has 2 saturated heterocycles. The van der Waals surface area contributed by atoms with Crippen LogP contribution in [0.5, 0.6) is 11.5 Å². The Balaban J connectivity index is 1.42. The van der Waals surface area contributed by atoms with Crippen molar-refractivity contribution in [3.8, 4) is 11.5 Å². The maximum Gasteiger partial charge on any atom is 0.321 e. The first-order chi connectivity index (χ1) is 15.2. The fraction of sp³-hybridized carbons (Fsp3) is 0.708. The normalized spacial score (nSPS) is 23.5. The molecule has 0 aliphatic carbocycles. The number of amides is 2. The van der Waals surface area contributed by atoms with E-state index in [-0.39, 0.29) is 6.03 Å². The summed E-state index contributed by atoms with van der Waals surface area (Å²) >= 11 is 0. The molecular formula is C24H37N3O4. The fourth-order valence-corrected chi connectivity index (χ4v) is 5.19. The predicted molar refractivity (Wildman–Crippen MR) is 121 cm³/mol. The van der Waals surface area contributed by atoms with Crippen LogP contribution in [0.1, 0.15) is 44.9 Å². The minimum absolute atomic E-state index is 0.0430. The third-order valence-corrected chi connectivity index (χ3v) is 6.75. The van der Waals surface area contributed by atoms with Crippen molar-refractivity contribution in [2.24, 2.45) is 5.92 Å². The number of fused-ring (bicyclic) bond motifs is 2. The molecule has 4 rings (SSSR count). The van der Waals surface area contributed by atoms with E-state index in [2.05, 4.69) is 10.2 Å². The Bertz CT molecular complexity index is 727. The molecule has 3 aliphatic rings. The molecule has 0 saturated carbocycles. The summed E-state index contributed by atoms with van der Waals surface area (Å²) in [6, 6.07) is 6.22. The van der Waals surface area contributed by atoms with Crippen LogP contribution in [0, 0.1) is 5.92 Å². The Morgan fingerprint density at radius 2 is 1.97 bits per heavy atom. The quantitative estimate of drug-likeness (QED) is 0.662. The van der Waals surface area contributed by atoms with Gasteiger partial charge in [0, 0.05) is 51.0 Å². The van der Waals surface area contributed by atoms with Gasteiger partial charge in [-0.3, -0.25) is 0 Å². The van der Waals surface area contributed by atoms with E-state index in [1.165, 1.54) is 45.2 Å². The van der Waals surface area contributed by atoms with Crippen molar-refractivity contribution in [1.82, 2.24) is 9.80 Å². The van der Waals surface area contributed by atoms with Gasteiger partial charge in [0.2, 0.25) is 0 Å². The highest BCUT2D eigenvalue weighted by atomic mass is 16.5. The van der Waals surface area contributed by atoms with Gasteiger partial charge in [0.1, 0.15) is 0 Å². The first-order valence-corrected chi connectivity index (χ1v) is 11.9. The van der Waals surface area contributed by atoms with Crippen LogP contribution in [-0.2, 0) is 4.74 Å². The summed E-state index contributed by atoms with van der Waals surface area (Å²) in [6.45, 7) is 5.89. The SMILES string of the molecule is COCCCN(CC1CCCN2CCCCC12)C(=O)Nc1ccc2c(c1)OCCCO2. The molecule has 31 heavy (non-hydrogen) atoms. The Hall–Kier alpha value is -1.99. The number of rotatable bonds is 7. The first-order valence-electron chi connectivity index (χ1n) is 11.9. The van der Waals surface area contributed by atoms with Crippen molar-refractivity contribution < 1.29 is 19.0 Å². The Labute approximate surface area is 186 Å². The number of hydrogen-bond acceptors (Lipinski definition) is 5. The highest BCUT2D eigenvalue weighted by Crippen LogP contribution is 2.33. The lowest BCUT2D eigenvalue weighted by Crippen LogP contribution is -2.52. The second-order valence-corrected chi connectivity index (χ2v) is 8.94. The van der Waals surface area contributed by atoms with Crippen LogP contribution in [0.2, 0.25) is 0 Å². The number of nitrogens with one attached hydrogen (secondary N) is 1. The zero-order chi connectivity index (χ0) is 21.5. The zero-order valence-electron chi connectivity index (χ0n) is 18.8. The lowest BCUT2D eigenvalue weighted by atomic mass is 9.83. The van der Waals surface area contributed by atoms with E-state index in [0.29, 0.717) is 44.1 Å². The van der Waals surface area contributed by atoms with Gasteiger partial charge >= 0.3 is 6.03 Å². The molecule has 2 unspecified atom stereocenters. The van der Waals surface area contributed by atoms with Gasteiger partial charge in [-0.1, -0.05) is 6.42 Å². The van der Waals surface area contributed by atoms with Gasteiger partial charge in [-0.2, -0.15) is 0 Å². The van der Waals surface area contributed by atoms with Gasteiger partial charge in [0.25, 0.3) is 0 Å². The summed E-state index contributed by atoms with van der Waals surface area (Å²) in [6.07, 6.45) is 8.03. The van der Waals surface area contributed by atoms with Crippen molar-refractivity contribution in [2.75, 3.05) is 58.4 Å². The number of urea groups is 1. The second kappa shape index (κ2) is 11.0. The molecule has 3 aliphatic heterocycles. The number of nitrogens with zero attached hydrogens (tertiary/aromatic N) is 2. The number of anilines is 1. The molecule has 0 bridgehead atoms. The van der Waals surface area contributed by atoms with Crippen LogP contribution >= 0.6 is 0 Å². The third-order valence-electron chi connectivity index (χ3n) is 6.75. The number of benzene rings is 1. The molecule has 1 aromatic carbocycles.